The molecule has 2 atom stereocenters. The number of ketones is 1. The lowest BCUT2D eigenvalue weighted by atomic mass is 9.98. The predicted octanol–water partition coefficient (Wildman–Crippen LogP) is 4.16. The highest BCUT2D eigenvalue weighted by Gasteiger charge is 2.30. The molecule has 2 amide bonds. The van der Waals surface area contributed by atoms with Crippen molar-refractivity contribution < 1.29 is 19.1 Å². The van der Waals surface area contributed by atoms with Crippen LogP contribution in [-0.4, -0.2) is 50.1 Å². The number of carbonyl (C=O) groups excluding carboxylic acids is 3. The van der Waals surface area contributed by atoms with Crippen molar-refractivity contribution in [2.24, 2.45) is 0 Å². The Bertz CT molecular complexity index is 977. The summed E-state index contributed by atoms with van der Waals surface area (Å²) in [4.78, 5) is 36.9. The number of Topliss-reactive ketones (excluding diaryl/α,β-unsaturated/α-hetero) is 1. The van der Waals surface area contributed by atoms with E-state index in [9.17, 15) is 14.4 Å². The molecule has 3 N–H and O–H groups in total. The number of carbonyl (C=O) groups is 3. The summed E-state index contributed by atoms with van der Waals surface area (Å²) in [6, 6.07) is 15.5. The van der Waals surface area contributed by atoms with Crippen molar-refractivity contribution in [1.82, 2.24) is 16.0 Å². The molecule has 0 aliphatic heterocycles. The number of ether oxygens (including phenoxy) is 1. The summed E-state index contributed by atoms with van der Waals surface area (Å²) in [7, 11) is 1.88. The summed E-state index contributed by atoms with van der Waals surface area (Å²) >= 11 is 0. The van der Waals surface area contributed by atoms with Gasteiger partial charge in [-0.3, -0.25) is 4.79 Å². The average molecular weight is 480 g/mol. The summed E-state index contributed by atoms with van der Waals surface area (Å²) < 4.78 is 5.64. The molecule has 188 valence electrons. The molecule has 3 rings (SSSR count). The van der Waals surface area contributed by atoms with Crippen LogP contribution in [0.15, 0.2) is 48.5 Å². The minimum absolute atomic E-state index is 0.0392. The third kappa shape index (κ3) is 7.39. The lowest BCUT2D eigenvalue weighted by Crippen LogP contribution is -2.49. The lowest BCUT2D eigenvalue weighted by molar-refractivity contribution is -0.124. The van der Waals surface area contributed by atoms with E-state index in [1.54, 1.807) is 0 Å². The van der Waals surface area contributed by atoms with Gasteiger partial charge in [0, 0.05) is 18.4 Å². The Balaban J connectivity index is 1.60. The van der Waals surface area contributed by atoms with Crippen LogP contribution >= 0.6 is 0 Å². The van der Waals surface area contributed by atoms with Crippen molar-refractivity contribution in [2.45, 2.75) is 64.0 Å². The maximum Gasteiger partial charge on any atom is 0.407 e. The maximum atomic E-state index is 12.9. The molecule has 0 spiro atoms. The molecule has 0 radical (unpaired) electrons. The van der Waals surface area contributed by atoms with Crippen LogP contribution in [0.2, 0.25) is 0 Å². The van der Waals surface area contributed by atoms with Gasteiger partial charge >= 0.3 is 6.09 Å². The monoisotopic (exact) mass is 479 g/mol. The average Bonchev–Trinajstić information content (AvgIpc) is 3.17. The first-order chi connectivity index (χ1) is 16.9. The predicted molar refractivity (Wildman–Crippen MR) is 137 cm³/mol. The van der Waals surface area contributed by atoms with Gasteiger partial charge in [0.2, 0.25) is 5.91 Å². The number of alkyl carbamates (subject to hydrolysis) is 1. The van der Waals surface area contributed by atoms with Crippen LogP contribution in [0.5, 0.6) is 0 Å². The second-order valence-electron chi connectivity index (χ2n) is 9.27. The van der Waals surface area contributed by atoms with E-state index in [0.29, 0.717) is 19.3 Å². The van der Waals surface area contributed by atoms with Gasteiger partial charge in [-0.1, -0.05) is 48.5 Å². The van der Waals surface area contributed by atoms with Gasteiger partial charge in [0.15, 0.2) is 0 Å². The molecule has 7 heteroatoms. The fraction of sp³-hybridized carbons (Fsp3) is 0.464. The van der Waals surface area contributed by atoms with Crippen molar-refractivity contribution >= 4 is 17.8 Å². The maximum absolute atomic E-state index is 12.9. The van der Waals surface area contributed by atoms with Crippen LogP contribution in [0.4, 0.5) is 4.79 Å². The number of fused-ring (bicyclic) bond motifs is 3. The lowest BCUT2D eigenvalue weighted by Gasteiger charge is -2.22. The minimum Gasteiger partial charge on any atom is -0.449 e. The molecule has 0 bridgehead atoms. The van der Waals surface area contributed by atoms with Gasteiger partial charge in [-0.15, -0.1) is 0 Å². The van der Waals surface area contributed by atoms with Gasteiger partial charge < -0.3 is 25.5 Å². The van der Waals surface area contributed by atoms with E-state index < -0.39 is 12.1 Å². The molecule has 0 fully saturated rings. The number of benzene rings is 2. The first-order valence-electron chi connectivity index (χ1n) is 12.5. The fourth-order valence-corrected chi connectivity index (χ4v) is 4.54. The molecule has 1 aliphatic rings. The van der Waals surface area contributed by atoms with Gasteiger partial charge in [0.25, 0.3) is 0 Å². The van der Waals surface area contributed by atoms with E-state index in [1.165, 1.54) is 18.1 Å². The largest absolute Gasteiger partial charge is 0.449 e. The highest BCUT2D eigenvalue weighted by Crippen LogP contribution is 2.44. The van der Waals surface area contributed by atoms with Crippen LogP contribution < -0.4 is 16.0 Å². The molecule has 0 aromatic heterocycles. The molecule has 0 saturated carbocycles. The third-order valence-corrected chi connectivity index (χ3v) is 6.44. The summed E-state index contributed by atoms with van der Waals surface area (Å²) in [6.07, 6.45) is 2.57. The van der Waals surface area contributed by atoms with Gasteiger partial charge in [-0.25, -0.2) is 4.79 Å². The number of nitrogens with one attached hydrogen (secondary N) is 3. The van der Waals surface area contributed by atoms with Gasteiger partial charge in [-0.05, 0) is 75.4 Å². The molecule has 2 aromatic rings. The van der Waals surface area contributed by atoms with E-state index >= 15 is 0 Å². The Morgan fingerprint density at radius 3 is 2.14 bits per heavy atom. The zero-order chi connectivity index (χ0) is 25.2. The van der Waals surface area contributed by atoms with E-state index in [0.717, 1.165) is 30.5 Å². The van der Waals surface area contributed by atoms with Crippen molar-refractivity contribution in [3.63, 3.8) is 0 Å². The molecular weight excluding hydrogens is 442 g/mol. The van der Waals surface area contributed by atoms with E-state index in [1.807, 2.05) is 38.2 Å². The van der Waals surface area contributed by atoms with Crippen LogP contribution in [0.3, 0.4) is 0 Å². The minimum atomic E-state index is -0.692. The molecule has 1 aliphatic carbocycles. The van der Waals surface area contributed by atoms with Crippen LogP contribution in [0.1, 0.15) is 63.0 Å². The van der Waals surface area contributed by atoms with Crippen LogP contribution in [0.25, 0.3) is 11.1 Å². The van der Waals surface area contributed by atoms with Crippen molar-refractivity contribution in [2.75, 3.05) is 20.2 Å². The summed E-state index contributed by atoms with van der Waals surface area (Å²) in [5.41, 5.74) is 4.61. The van der Waals surface area contributed by atoms with E-state index in [4.69, 9.17) is 4.74 Å². The Hall–Kier alpha value is -3.19. The van der Waals surface area contributed by atoms with Gasteiger partial charge in [0.1, 0.15) is 18.4 Å². The highest BCUT2D eigenvalue weighted by atomic mass is 16.5. The smallest absolute Gasteiger partial charge is 0.407 e. The zero-order valence-corrected chi connectivity index (χ0v) is 20.9. The van der Waals surface area contributed by atoms with Crippen molar-refractivity contribution in [3.05, 3.63) is 59.7 Å². The van der Waals surface area contributed by atoms with Gasteiger partial charge in [0.05, 0.1) is 0 Å². The molecule has 35 heavy (non-hydrogen) atoms. The fourth-order valence-electron chi connectivity index (χ4n) is 4.54. The van der Waals surface area contributed by atoms with E-state index in [-0.39, 0.29) is 30.3 Å². The Labute approximate surface area is 208 Å². The van der Waals surface area contributed by atoms with Gasteiger partial charge in [-0.2, -0.15) is 0 Å². The van der Waals surface area contributed by atoms with E-state index in [2.05, 4.69) is 40.2 Å². The normalized spacial score (nSPS) is 13.9. The van der Waals surface area contributed by atoms with Crippen LogP contribution in [0, 0.1) is 0 Å². The van der Waals surface area contributed by atoms with Crippen LogP contribution in [-0.2, 0) is 14.3 Å². The van der Waals surface area contributed by atoms with Crippen molar-refractivity contribution in [3.8, 4) is 11.1 Å². The number of rotatable bonds is 13. The SMILES string of the molecule is CNCCCC[C@H](NC(=O)OCC1c2ccccc2-c2ccccc21)C(=O)NC(C)CCC(C)=O. The third-order valence-electron chi connectivity index (χ3n) is 6.44. The summed E-state index contributed by atoms with van der Waals surface area (Å²) in [5.74, 6) is -0.201. The summed E-state index contributed by atoms with van der Waals surface area (Å²) in [6.45, 7) is 4.45. The number of hydrogen-bond donors (Lipinski definition) is 3. The molecule has 1 unspecified atom stereocenters. The first-order valence-corrected chi connectivity index (χ1v) is 12.5. The topological polar surface area (TPSA) is 96.5 Å². The Morgan fingerprint density at radius 2 is 1.54 bits per heavy atom. The molecular formula is C28H37N3O4. The first kappa shape index (κ1) is 26.4. The Kier molecular flexibility index (Phi) is 9.85. The number of amides is 2. The highest BCUT2D eigenvalue weighted by molar-refractivity contribution is 5.86. The molecule has 0 saturated heterocycles. The standard InChI is InChI=1S/C28H37N3O4/c1-19(15-16-20(2)32)30-27(33)26(14-8-9-17-29-3)31-28(34)35-18-25-23-12-6-4-10-21(23)22-11-5-7-13-24(22)25/h4-7,10-13,19,25-26,29H,8-9,14-18H2,1-3H3,(H,30,33)(H,31,34)/t19?,26-/m0/s1. The van der Waals surface area contributed by atoms with Crippen molar-refractivity contribution in [1.29, 1.82) is 0 Å². The second kappa shape index (κ2) is 13.0. The number of unbranched alkanes of at least 4 members (excludes halogenated alkanes) is 1. The quantitative estimate of drug-likeness (QED) is 0.375. The number of hydrogen-bond acceptors (Lipinski definition) is 5. The second-order valence-corrected chi connectivity index (χ2v) is 9.27. The summed E-state index contributed by atoms with van der Waals surface area (Å²) in [5, 5.41) is 8.80. The zero-order valence-electron chi connectivity index (χ0n) is 20.9. The molecule has 0 heterocycles. The Morgan fingerprint density at radius 1 is 0.914 bits per heavy atom. The molecule has 7 nitrogen and oxygen atoms in total. The molecule has 2 aromatic carbocycles.